The number of aromatic nitrogens is 4. The van der Waals surface area contributed by atoms with Crippen LogP contribution in [0.5, 0.6) is 0 Å². The Morgan fingerprint density at radius 1 is 1.25 bits per heavy atom. The Hall–Kier alpha value is -2.47. The van der Waals surface area contributed by atoms with Crippen LogP contribution in [-0.2, 0) is 4.74 Å². The van der Waals surface area contributed by atoms with E-state index in [-0.39, 0.29) is 0 Å². The molecule has 3 rings (SSSR count). The molecule has 0 radical (unpaired) electrons. The van der Waals surface area contributed by atoms with Crippen LogP contribution in [0.1, 0.15) is 10.4 Å². The molecule has 20 heavy (non-hydrogen) atoms. The zero-order chi connectivity index (χ0) is 14.1. The second-order valence-corrected chi connectivity index (χ2v) is 4.46. The van der Waals surface area contributed by atoms with E-state index in [1.807, 2.05) is 0 Å². The third-order valence-corrected chi connectivity index (χ3v) is 3.00. The fourth-order valence-electron chi connectivity index (χ4n) is 1.81. The van der Waals surface area contributed by atoms with Gasteiger partial charge in [0.2, 0.25) is 0 Å². The molecule has 0 aromatic carbocycles. The summed E-state index contributed by atoms with van der Waals surface area (Å²) in [6.45, 7) is 0. The molecule has 0 N–H and O–H groups in total. The molecule has 3 aromatic heterocycles. The van der Waals surface area contributed by atoms with Gasteiger partial charge < -0.3 is 4.74 Å². The van der Waals surface area contributed by atoms with E-state index in [1.54, 1.807) is 34.9 Å². The third kappa shape index (κ3) is 2.10. The first-order chi connectivity index (χ1) is 9.69. The van der Waals surface area contributed by atoms with Crippen LogP contribution >= 0.6 is 11.6 Å². The molecule has 0 bridgehead atoms. The second-order valence-electron chi connectivity index (χ2n) is 4.02. The summed E-state index contributed by atoms with van der Waals surface area (Å²) in [6, 6.07) is 6.78. The van der Waals surface area contributed by atoms with E-state index >= 15 is 0 Å². The molecule has 0 amide bonds. The number of nitrogens with zero attached hydrogens (tertiary/aromatic N) is 4. The Balaban J connectivity index is 2.16. The Bertz CT molecular complexity index is 783. The highest BCUT2D eigenvalue weighted by Gasteiger charge is 2.12. The maximum Gasteiger partial charge on any atom is 0.339 e. The van der Waals surface area contributed by atoms with E-state index in [2.05, 4.69) is 15.2 Å². The molecule has 0 unspecified atom stereocenters. The molecule has 6 nitrogen and oxygen atoms in total. The van der Waals surface area contributed by atoms with E-state index < -0.39 is 5.97 Å². The first kappa shape index (κ1) is 12.6. The minimum absolute atomic E-state index is 0.412. The number of rotatable bonds is 2. The van der Waals surface area contributed by atoms with Crippen molar-refractivity contribution in [3.05, 3.63) is 47.2 Å². The predicted octanol–water partition coefficient (Wildman–Crippen LogP) is 2.23. The van der Waals surface area contributed by atoms with Crippen molar-refractivity contribution < 1.29 is 9.53 Å². The fraction of sp³-hybridized carbons (Fsp3) is 0.0769. The van der Waals surface area contributed by atoms with E-state index in [1.165, 1.54) is 13.3 Å². The second kappa shape index (κ2) is 4.90. The Morgan fingerprint density at radius 3 is 2.80 bits per heavy atom. The van der Waals surface area contributed by atoms with Gasteiger partial charge in [-0.05, 0) is 24.3 Å². The van der Waals surface area contributed by atoms with Gasteiger partial charge >= 0.3 is 5.97 Å². The van der Waals surface area contributed by atoms with Gasteiger partial charge in [0.1, 0.15) is 5.69 Å². The largest absolute Gasteiger partial charge is 0.465 e. The monoisotopic (exact) mass is 288 g/mol. The quantitative estimate of drug-likeness (QED) is 0.676. The van der Waals surface area contributed by atoms with Gasteiger partial charge in [0.15, 0.2) is 11.5 Å². The minimum Gasteiger partial charge on any atom is -0.465 e. The Kier molecular flexibility index (Phi) is 3.08. The molecule has 0 aliphatic heterocycles. The molecule has 0 atom stereocenters. The van der Waals surface area contributed by atoms with Crippen molar-refractivity contribution in [3.63, 3.8) is 0 Å². The molecule has 0 saturated heterocycles. The summed E-state index contributed by atoms with van der Waals surface area (Å²) in [5, 5.41) is 8.65. The van der Waals surface area contributed by atoms with Gasteiger partial charge in [-0.15, -0.1) is 10.2 Å². The molecule has 3 aromatic rings. The van der Waals surface area contributed by atoms with E-state index in [0.717, 1.165) is 0 Å². The standard InChI is InChI=1S/C13H9ClN4O2/c1-20-13(19)8-2-5-11-16-17-12(18(11)7-8)10-4-3-9(14)6-15-10/h2-7H,1H3. The molecular weight excluding hydrogens is 280 g/mol. The normalized spacial score (nSPS) is 10.7. The van der Waals surface area contributed by atoms with E-state index in [0.29, 0.717) is 27.8 Å². The van der Waals surface area contributed by atoms with E-state index in [9.17, 15) is 4.79 Å². The number of hydrogen-bond donors (Lipinski definition) is 0. The lowest BCUT2D eigenvalue weighted by molar-refractivity contribution is 0.0600. The number of esters is 1. The summed E-state index contributed by atoms with van der Waals surface area (Å²) in [6.07, 6.45) is 3.15. The number of fused-ring (bicyclic) bond motifs is 1. The van der Waals surface area contributed by atoms with Crippen molar-refractivity contribution in [1.29, 1.82) is 0 Å². The van der Waals surface area contributed by atoms with Gasteiger partial charge in [-0.1, -0.05) is 11.6 Å². The van der Waals surface area contributed by atoms with Crippen LogP contribution in [0, 0.1) is 0 Å². The average Bonchev–Trinajstić information content (AvgIpc) is 2.90. The van der Waals surface area contributed by atoms with Crippen LogP contribution in [0.25, 0.3) is 17.2 Å². The summed E-state index contributed by atoms with van der Waals surface area (Å²) in [5.74, 6) is 0.109. The van der Waals surface area contributed by atoms with Gasteiger partial charge in [0.25, 0.3) is 0 Å². The number of carbonyl (C=O) groups is 1. The predicted molar refractivity (Wildman–Crippen MR) is 72.6 cm³/mol. The van der Waals surface area contributed by atoms with Crippen molar-refractivity contribution >= 4 is 23.2 Å². The first-order valence-corrected chi connectivity index (χ1v) is 6.12. The zero-order valence-electron chi connectivity index (χ0n) is 10.4. The van der Waals surface area contributed by atoms with Crippen LogP contribution in [-0.4, -0.2) is 32.7 Å². The smallest absolute Gasteiger partial charge is 0.339 e. The highest BCUT2D eigenvalue weighted by Crippen LogP contribution is 2.18. The Labute approximate surface area is 119 Å². The third-order valence-electron chi connectivity index (χ3n) is 2.78. The maximum atomic E-state index is 11.6. The van der Waals surface area contributed by atoms with Crippen molar-refractivity contribution in [2.24, 2.45) is 0 Å². The topological polar surface area (TPSA) is 69.4 Å². The van der Waals surface area contributed by atoms with Gasteiger partial charge in [0.05, 0.1) is 17.7 Å². The summed E-state index contributed by atoms with van der Waals surface area (Å²) in [5.41, 5.74) is 1.64. The molecule has 7 heteroatoms. The minimum atomic E-state index is -0.421. The lowest BCUT2D eigenvalue weighted by Crippen LogP contribution is -2.03. The number of methoxy groups -OCH3 is 1. The number of ether oxygens (including phenoxy) is 1. The number of pyridine rings is 2. The lowest BCUT2D eigenvalue weighted by Gasteiger charge is -2.02. The summed E-state index contributed by atoms with van der Waals surface area (Å²) >= 11 is 5.81. The zero-order valence-corrected chi connectivity index (χ0v) is 11.2. The van der Waals surface area contributed by atoms with E-state index in [4.69, 9.17) is 16.3 Å². The Morgan fingerprint density at radius 2 is 2.10 bits per heavy atom. The van der Waals surface area contributed by atoms with Gasteiger partial charge in [-0.3, -0.25) is 9.38 Å². The fourth-order valence-corrected chi connectivity index (χ4v) is 1.92. The molecule has 0 saturated carbocycles. The highest BCUT2D eigenvalue weighted by molar-refractivity contribution is 6.30. The van der Waals surface area contributed by atoms with Crippen molar-refractivity contribution in [3.8, 4) is 11.5 Å². The molecule has 0 aliphatic carbocycles. The SMILES string of the molecule is COC(=O)c1ccc2nnc(-c3ccc(Cl)cn3)n2c1. The number of halogens is 1. The van der Waals surface area contributed by atoms with Gasteiger partial charge in [-0.2, -0.15) is 0 Å². The number of hydrogen-bond acceptors (Lipinski definition) is 5. The molecule has 100 valence electrons. The molecule has 0 spiro atoms. The molecule has 0 aliphatic rings. The summed E-state index contributed by atoms with van der Waals surface area (Å²) in [4.78, 5) is 15.8. The van der Waals surface area contributed by atoms with Crippen LogP contribution in [0.4, 0.5) is 0 Å². The molecule has 0 fully saturated rings. The van der Waals surface area contributed by atoms with Crippen LogP contribution in [0.15, 0.2) is 36.7 Å². The highest BCUT2D eigenvalue weighted by atomic mass is 35.5. The van der Waals surface area contributed by atoms with Crippen molar-refractivity contribution in [2.45, 2.75) is 0 Å². The molecular formula is C13H9ClN4O2. The van der Waals surface area contributed by atoms with Gasteiger partial charge in [-0.25, -0.2) is 4.79 Å². The van der Waals surface area contributed by atoms with Crippen LogP contribution < -0.4 is 0 Å². The summed E-state index contributed by atoms with van der Waals surface area (Å²) < 4.78 is 6.38. The average molecular weight is 289 g/mol. The molecule has 3 heterocycles. The maximum absolute atomic E-state index is 11.6. The van der Waals surface area contributed by atoms with Crippen molar-refractivity contribution in [2.75, 3.05) is 7.11 Å². The van der Waals surface area contributed by atoms with Crippen LogP contribution in [0.2, 0.25) is 5.02 Å². The summed E-state index contributed by atoms with van der Waals surface area (Å²) in [7, 11) is 1.33. The lowest BCUT2D eigenvalue weighted by atomic mass is 10.3. The van der Waals surface area contributed by atoms with Gasteiger partial charge in [0, 0.05) is 12.4 Å². The van der Waals surface area contributed by atoms with Crippen molar-refractivity contribution in [1.82, 2.24) is 19.6 Å². The number of carbonyl (C=O) groups excluding carboxylic acids is 1. The van der Waals surface area contributed by atoms with Crippen LogP contribution in [0.3, 0.4) is 0 Å². The first-order valence-electron chi connectivity index (χ1n) is 5.74.